The summed E-state index contributed by atoms with van der Waals surface area (Å²) < 4.78 is 16.3. The van der Waals surface area contributed by atoms with Crippen LogP contribution in [0.5, 0.6) is 17.2 Å². The maximum absolute atomic E-state index is 13.0. The van der Waals surface area contributed by atoms with Crippen LogP contribution in [0.15, 0.2) is 30.3 Å². The van der Waals surface area contributed by atoms with E-state index in [9.17, 15) is 9.59 Å². The molecule has 0 bridgehead atoms. The number of aryl methyl sites for hydroxylation is 2. The van der Waals surface area contributed by atoms with E-state index in [0.717, 1.165) is 11.1 Å². The topological polar surface area (TPSA) is 68.3 Å². The lowest BCUT2D eigenvalue weighted by atomic mass is 10.1. The van der Waals surface area contributed by atoms with E-state index in [0.29, 0.717) is 60.4 Å². The summed E-state index contributed by atoms with van der Waals surface area (Å²) >= 11 is 6.19. The highest BCUT2D eigenvalue weighted by Crippen LogP contribution is 2.28. The van der Waals surface area contributed by atoms with Gasteiger partial charge in [0.15, 0.2) is 18.1 Å². The minimum absolute atomic E-state index is 0.0515. The summed E-state index contributed by atoms with van der Waals surface area (Å²) in [7, 11) is 3.09. The van der Waals surface area contributed by atoms with E-state index in [1.807, 2.05) is 26.0 Å². The largest absolute Gasteiger partial charge is 0.493 e. The van der Waals surface area contributed by atoms with E-state index < -0.39 is 0 Å². The maximum atomic E-state index is 13.0. The molecule has 7 nitrogen and oxygen atoms in total. The Morgan fingerprint density at radius 3 is 2.19 bits per heavy atom. The van der Waals surface area contributed by atoms with Crippen LogP contribution in [-0.2, 0) is 4.79 Å². The number of hydrogen-bond acceptors (Lipinski definition) is 5. The first-order valence-electron chi connectivity index (χ1n) is 10.5. The molecule has 0 spiro atoms. The number of carbonyl (C=O) groups is 2. The van der Waals surface area contributed by atoms with Crippen LogP contribution >= 0.6 is 11.6 Å². The molecule has 32 heavy (non-hydrogen) atoms. The molecule has 0 aromatic heterocycles. The van der Waals surface area contributed by atoms with Crippen LogP contribution in [0.4, 0.5) is 0 Å². The molecular weight excluding hydrogens is 432 g/mol. The molecule has 0 atom stereocenters. The Morgan fingerprint density at radius 2 is 1.53 bits per heavy atom. The number of benzene rings is 2. The number of carbonyl (C=O) groups excluding carboxylic acids is 2. The van der Waals surface area contributed by atoms with E-state index in [2.05, 4.69) is 0 Å². The van der Waals surface area contributed by atoms with Crippen molar-refractivity contribution in [3.05, 3.63) is 52.0 Å². The van der Waals surface area contributed by atoms with Crippen LogP contribution in [0, 0.1) is 13.8 Å². The van der Waals surface area contributed by atoms with Gasteiger partial charge in [-0.3, -0.25) is 9.59 Å². The van der Waals surface area contributed by atoms with E-state index in [1.165, 1.54) is 7.11 Å². The fourth-order valence-corrected chi connectivity index (χ4v) is 3.86. The highest BCUT2D eigenvalue weighted by molar-refractivity contribution is 6.32. The molecule has 3 rings (SSSR count). The van der Waals surface area contributed by atoms with Crippen molar-refractivity contribution in [2.75, 3.05) is 47.0 Å². The van der Waals surface area contributed by atoms with Gasteiger partial charge in [-0.2, -0.15) is 0 Å². The molecule has 1 saturated heterocycles. The molecule has 0 saturated carbocycles. The van der Waals surface area contributed by atoms with Gasteiger partial charge in [0.1, 0.15) is 5.75 Å². The van der Waals surface area contributed by atoms with Gasteiger partial charge < -0.3 is 24.0 Å². The van der Waals surface area contributed by atoms with Gasteiger partial charge in [-0.25, -0.2) is 0 Å². The lowest BCUT2D eigenvalue weighted by Crippen LogP contribution is -2.39. The zero-order valence-electron chi connectivity index (χ0n) is 18.9. The summed E-state index contributed by atoms with van der Waals surface area (Å²) in [6.45, 7) is 5.83. The highest BCUT2D eigenvalue weighted by atomic mass is 35.5. The molecule has 172 valence electrons. The van der Waals surface area contributed by atoms with Crippen molar-refractivity contribution in [3.8, 4) is 17.2 Å². The lowest BCUT2D eigenvalue weighted by molar-refractivity contribution is -0.133. The monoisotopic (exact) mass is 460 g/mol. The second kappa shape index (κ2) is 10.6. The smallest absolute Gasteiger partial charge is 0.260 e. The maximum Gasteiger partial charge on any atom is 0.260 e. The fraction of sp³-hybridized carbons (Fsp3) is 0.417. The SMILES string of the molecule is COc1ccc(C(=O)N2CCCN(C(=O)COc3cc(C)c(Cl)c(C)c3)CC2)cc1OC. The van der Waals surface area contributed by atoms with Crippen molar-refractivity contribution < 1.29 is 23.8 Å². The van der Waals surface area contributed by atoms with Crippen molar-refractivity contribution >= 4 is 23.4 Å². The van der Waals surface area contributed by atoms with Gasteiger partial charge in [0.25, 0.3) is 11.8 Å². The number of hydrogen-bond donors (Lipinski definition) is 0. The Kier molecular flexibility index (Phi) is 7.85. The van der Waals surface area contributed by atoms with Crippen LogP contribution in [0.25, 0.3) is 0 Å². The second-order valence-corrected chi connectivity index (χ2v) is 8.13. The number of nitrogens with zero attached hydrogens (tertiary/aromatic N) is 2. The Morgan fingerprint density at radius 1 is 0.906 bits per heavy atom. The minimum atomic E-state index is -0.101. The third-order valence-electron chi connectivity index (χ3n) is 5.54. The van der Waals surface area contributed by atoms with Gasteiger partial charge in [0.2, 0.25) is 0 Å². The molecule has 0 radical (unpaired) electrons. The number of rotatable bonds is 6. The lowest BCUT2D eigenvalue weighted by Gasteiger charge is -2.23. The number of amides is 2. The number of ether oxygens (including phenoxy) is 3. The first-order valence-corrected chi connectivity index (χ1v) is 10.9. The van der Waals surface area contributed by atoms with Crippen LogP contribution < -0.4 is 14.2 Å². The van der Waals surface area contributed by atoms with Gasteiger partial charge in [-0.1, -0.05) is 11.6 Å². The molecule has 1 fully saturated rings. The van der Waals surface area contributed by atoms with Gasteiger partial charge in [-0.15, -0.1) is 0 Å². The molecule has 2 amide bonds. The minimum Gasteiger partial charge on any atom is -0.493 e. The molecule has 2 aromatic carbocycles. The standard InChI is InChI=1S/C24H29ClN2O5/c1-16-12-19(13-17(2)23(16)25)32-15-22(28)26-8-5-9-27(11-10-26)24(29)18-6-7-20(30-3)21(14-18)31-4/h6-7,12-14H,5,8-11,15H2,1-4H3. The molecule has 1 aliphatic heterocycles. The summed E-state index contributed by atoms with van der Waals surface area (Å²) in [6, 6.07) is 8.78. The number of halogens is 1. The predicted molar refractivity (Wildman–Crippen MR) is 123 cm³/mol. The Labute approximate surface area is 193 Å². The average molecular weight is 461 g/mol. The van der Waals surface area contributed by atoms with Crippen molar-refractivity contribution in [2.24, 2.45) is 0 Å². The third-order valence-corrected chi connectivity index (χ3v) is 6.13. The van der Waals surface area contributed by atoms with Gasteiger partial charge >= 0.3 is 0 Å². The summed E-state index contributed by atoms with van der Waals surface area (Å²) in [4.78, 5) is 29.2. The van der Waals surface area contributed by atoms with Crippen LogP contribution in [0.2, 0.25) is 5.02 Å². The zero-order chi connectivity index (χ0) is 23.3. The summed E-state index contributed by atoms with van der Waals surface area (Å²) in [5, 5.41) is 0.704. The molecule has 1 heterocycles. The highest BCUT2D eigenvalue weighted by Gasteiger charge is 2.24. The van der Waals surface area contributed by atoms with Crippen LogP contribution in [-0.4, -0.2) is 68.6 Å². The third kappa shape index (κ3) is 5.46. The summed E-state index contributed by atoms with van der Waals surface area (Å²) in [6.07, 6.45) is 0.698. The average Bonchev–Trinajstić information content (AvgIpc) is 3.06. The number of methoxy groups -OCH3 is 2. The van der Waals surface area contributed by atoms with Crippen LogP contribution in [0.3, 0.4) is 0 Å². The summed E-state index contributed by atoms with van der Waals surface area (Å²) in [5.41, 5.74) is 2.35. The second-order valence-electron chi connectivity index (χ2n) is 7.76. The Balaban J connectivity index is 1.58. The van der Waals surface area contributed by atoms with E-state index >= 15 is 0 Å². The quantitative estimate of drug-likeness (QED) is 0.657. The van der Waals surface area contributed by atoms with Gasteiger partial charge in [0, 0.05) is 36.8 Å². The molecule has 0 aliphatic carbocycles. The van der Waals surface area contributed by atoms with Crippen molar-refractivity contribution in [1.82, 2.24) is 9.80 Å². The van der Waals surface area contributed by atoms with E-state index in [-0.39, 0.29) is 18.4 Å². The Hall–Kier alpha value is -2.93. The fourth-order valence-electron chi connectivity index (χ4n) is 3.75. The first kappa shape index (κ1) is 23.7. The zero-order valence-corrected chi connectivity index (χ0v) is 19.7. The van der Waals surface area contributed by atoms with Crippen molar-refractivity contribution in [3.63, 3.8) is 0 Å². The van der Waals surface area contributed by atoms with Crippen molar-refractivity contribution in [2.45, 2.75) is 20.3 Å². The molecule has 8 heteroatoms. The molecule has 0 N–H and O–H groups in total. The molecule has 0 unspecified atom stereocenters. The molecular formula is C24H29ClN2O5. The first-order chi connectivity index (χ1) is 15.3. The van der Waals surface area contributed by atoms with Gasteiger partial charge in [0.05, 0.1) is 14.2 Å². The van der Waals surface area contributed by atoms with E-state index in [1.54, 1.807) is 35.1 Å². The van der Waals surface area contributed by atoms with Crippen molar-refractivity contribution in [1.29, 1.82) is 0 Å². The molecule has 2 aromatic rings. The van der Waals surface area contributed by atoms with Gasteiger partial charge in [-0.05, 0) is 61.7 Å². The normalized spacial score (nSPS) is 14.0. The summed E-state index contributed by atoms with van der Waals surface area (Å²) in [5.74, 6) is 1.51. The van der Waals surface area contributed by atoms with Crippen LogP contribution in [0.1, 0.15) is 27.9 Å². The molecule has 1 aliphatic rings. The predicted octanol–water partition coefficient (Wildman–Crippen LogP) is 3.73. The van der Waals surface area contributed by atoms with E-state index in [4.69, 9.17) is 25.8 Å². The Bertz CT molecular complexity index is 971.